The monoisotopic (exact) mass is 165 g/mol. The minimum atomic E-state index is -0.821. The Bertz CT molecular complexity index is 306. The van der Waals surface area contributed by atoms with Crippen LogP contribution in [0.5, 0.6) is 0 Å². The van der Waals surface area contributed by atoms with Crippen LogP contribution in [0.25, 0.3) is 0 Å². The lowest BCUT2D eigenvalue weighted by Gasteiger charge is -2.05. The summed E-state index contributed by atoms with van der Waals surface area (Å²) in [5.74, 6) is 1.82. The van der Waals surface area contributed by atoms with Gasteiger partial charge >= 0.3 is 0 Å². The van der Waals surface area contributed by atoms with Crippen molar-refractivity contribution in [3.8, 4) is 12.3 Å². The van der Waals surface area contributed by atoms with Crippen molar-refractivity contribution in [1.82, 2.24) is 4.98 Å². The van der Waals surface area contributed by atoms with Crippen LogP contribution in [0.4, 0.5) is 4.39 Å². The summed E-state index contributed by atoms with van der Waals surface area (Å²) < 4.78 is 12.5. The number of terminal acetylenes is 1. The lowest BCUT2D eigenvalue weighted by atomic mass is 10.1. The van der Waals surface area contributed by atoms with Crippen molar-refractivity contribution < 1.29 is 9.50 Å². The second kappa shape index (κ2) is 3.84. The van der Waals surface area contributed by atoms with E-state index in [2.05, 4.69) is 10.9 Å². The Kier molecular flexibility index (Phi) is 2.78. The Hall–Kier alpha value is -1.40. The topological polar surface area (TPSA) is 33.1 Å². The Morgan fingerprint density at radius 1 is 1.67 bits per heavy atom. The zero-order valence-corrected chi connectivity index (χ0v) is 6.37. The molecule has 0 spiro atoms. The van der Waals surface area contributed by atoms with Crippen LogP contribution in [-0.4, -0.2) is 10.1 Å². The summed E-state index contributed by atoms with van der Waals surface area (Å²) in [5, 5.41) is 9.30. The number of aromatic nitrogens is 1. The van der Waals surface area contributed by atoms with Gasteiger partial charge in [0.05, 0.1) is 12.3 Å². The van der Waals surface area contributed by atoms with Gasteiger partial charge in [-0.1, -0.05) is 0 Å². The summed E-state index contributed by atoms with van der Waals surface area (Å²) in [7, 11) is 0. The minimum absolute atomic E-state index is 0.172. The first kappa shape index (κ1) is 8.69. The highest BCUT2D eigenvalue weighted by atomic mass is 19.1. The molecule has 0 amide bonds. The molecule has 2 nitrogen and oxygen atoms in total. The van der Waals surface area contributed by atoms with E-state index in [9.17, 15) is 9.50 Å². The number of hydrogen-bond acceptors (Lipinski definition) is 2. The van der Waals surface area contributed by atoms with Crippen LogP contribution in [-0.2, 0) is 0 Å². The molecule has 1 rings (SSSR count). The molecule has 1 atom stereocenters. The number of halogens is 1. The molecule has 0 aromatic carbocycles. The molecule has 0 aliphatic rings. The van der Waals surface area contributed by atoms with Gasteiger partial charge in [0, 0.05) is 18.2 Å². The highest BCUT2D eigenvalue weighted by molar-refractivity contribution is 5.14. The van der Waals surface area contributed by atoms with E-state index in [0.717, 1.165) is 6.20 Å². The van der Waals surface area contributed by atoms with Crippen LogP contribution in [0.3, 0.4) is 0 Å². The second-order valence-corrected chi connectivity index (χ2v) is 2.36. The standard InChI is InChI=1S/C9H8FNO/c1-2-3-9(12)7-4-8(10)6-11-5-7/h1,4-6,9,12H,3H2. The van der Waals surface area contributed by atoms with E-state index in [0.29, 0.717) is 5.56 Å². The van der Waals surface area contributed by atoms with Crippen LogP contribution in [0.15, 0.2) is 18.5 Å². The van der Waals surface area contributed by atoms with Crippen molar-refractivity contribution in [3.63, 3.8) is 0 Å². The molecular weight excluding hydrogens is 157 g/mol. The van der Waals surface area contributed by atoms with Gasteiger partial charge in [0.2, 0.25) is 0 Å². The van der Waals surface area contributed by atoms with Crippen molar-refractivity contribution in [2.75, 3.05) is 0 Å². The third-order valence-electron chi connectivity index (χ3n) is 1.42. The molecule has 0 fully saturated rings. The number of hydrogen-bond donors (Lipinski definition) is 1. The first-order chi connectivity index (χ1) is 5.74. The number of rotatable bonds is 2. The molecule has 0 radical (unpaired) electrons. The summed E-state index contributed by atoms with van der Waals surface area (Å²) in [5.41, 5.74) is 0.410. The van der Waals surface area contributed by atoms with Crippen LogP contribution < -0.4 is 0 Å². The normalized spacial score (nSPS) is 12.1. The van der Waals surface area contributed by atoms with Gasteiger partial charge < -0.3 is 5.11 Å². The fourth-order valence-electron chi connectivity index (χ4n) is 0.840. The van der Waals surface area contributed by atoms with E-state index < -0.39 is 11.9 Å². The Labute approximate surface area is 70.1 Å². The fraction of sp³-hybridized carbons (Fsp3) is 0.222. The van der Waals surface area contributed by atoms with Gasteiger partial charge in [0.15, 0.2) is 0 Å². The first-order valence-electron chi connectivity index (χ1n) is 3.46. The van der Waals surface area contributed by atoms with Gasteiger partial charge in [-0.3, -0.25) is 4.98 Å². The van der Waals surface area contributed by atoms with Gasteiger partial charge in [0.1, 0.15) is 5.82 Å². The molecule has 1 N–H and O–H groups in total. The van der Waals surface area contributed by atoms with E-state index in [4.69, 9.17) is 6.42 Å². The van der Waals surface area contributed by atoms with Gasteiger partial charge in [-0.25, -0.2) is 4.39 Å². The van der Waals surface area contributed by atoms with Crippen LogP contribution in [0.1, 0.15) is 18.1 Å². The molecule has 0 saturated carbocycles. The SMILES string of the molecule is C#CCC(O)c1cncc(F)c1. The number of aliphatic hydroxyl groups is 1. The minimum Gasteiger partial charge on any atom is -0.387 e. The maximum Gasteiger partial charge on any atom is 0.141 e. The van der Waals surface area contributed by atoms with E-state index in [1.165, 1.54) is 12.3 Å². The Morgan fingerprint density at radius 2 is 2.42 bits per heavy atom. The maximum atomic E-state index is 12.5. The van der Waals surface area contributed by atoms with Crippen LogP contribution in [0.2, 0.25) is 0 Å². The molecule has 0 bridgehead atoms. The lowest BCUT2D eigenvalue weighted by molar-refractivity contribution is 0.183. The van der Waals surface area contributed by atoms with Crippen LogP contribution in [0, 0.1) is 18.2 Å². The number of nitrogens with zero attached hydrogens (tertiary/aromatic N) is 1. The predicted molar refractivity (Wildman–Crippen MR) is 42.6 cm³/mol. The molecule has 1 aromatic rings. The van der Waals surface area contributed by atoms with Gasteiger partial charge in [-0.05, 0) is 6.07 Å². The number of aliphatic hydroxyl groups excluding tert-OH is 1. The van der Waals surface area contributed by atoms with Gasteiger partial charge in [0.25, 0.3) is 0 Å². The third kappa shape index (κ3) is 2.04. The lowest BCUT2D eigenvalue weighted by Crippen LogP contribution is -1.97. The smallest absolute Gasteiger partial charge is 0.141 e. The van der Waals surface area contributed by atoms with Crippen molar-refractivity contribution in [2.24, 2.45) is 0 Å². The fourth-order valence-corrected chi connectivity index (χ4v) is 0.840. The first-order valence-corrected chi connectivity index (χ1v) is 3.46. The predicted octanol–water partition coefficient (Wildman–Crippen LogP) is 1.28. The van der Waals surface area contributed by atoms with Crippen LogP contribution >= 0.6 is 0 Å². The van der Waals surface area contributed by atoms with Crippen molar-refractivity contribution >= 4 is 0 Å². The third-order valence-corrected chi connectivity index (χ3v) is 1.42. The quantitative estimate of drug-likeness (QED) is 0.669. The maximum absolute atomic E-state index is 12.5. The van der Waals surface area contributed by atoms with Gasteiger partial charge in [-0.2, -0.15) is 0 Å². The van der Waals surface area contributed by atoms with Crippen molar-refractivity contribution in [1.29, 1.82) is 0 Å². The Balaban J connectivity index is 2.82. The number of pyridine rings is 1. The summed E-state index contributed by atoms with van der Waals surface area (Å²) >= 11 is 0. The average molecular weight is 165 g/mol. The van der Waals surface area contributed by atoms with E-state index in [1.807, 2.05) is 0 Å². The molecule has 1 unspecified atom stereocenters. The summed E-state index contributed by atoms with van der Waals surface area (Å²) in [6.45, 7) is 0. The molecule has 0 aliphatic heterocycles. The molecule has 62 valence electrons. The molecule has 12 heavy (non-hydrogen) atoms. The zero-order chi connectivity index (χ0) is 8.97. The molecule has 3 heteroatoms. The molecule has 1 heterocycles. The molecule has 0 aliphatic carbocycles. The Morgan fingerprint density at radius 3 is 3.00 bits per heavy atom. The molecule has 0 saturated heterocycles. The second-order valence-electron chi connectivity index (χ2n) is 2.36. The average Bonchev–Trinajstić information content (AvgIpc) is 2.05. The molecular formula is C9H8FNO. The van der Waals surface area contributed by atoms with E-state index >= 15 is 0 Å². The summed E-state index contributed by atoms with van der Waals surface area (Å²) in [6, 6.07) is 1.22. The highest BCUT2D eigenvalue weighted by Crippen LogP contribution is 2.14. The summed E-state index contributed by atoms with van der Waals surface area (Å²) in [4.78, 5) is 3.58. The van der Waals surface area contributed by atoms with E-state index in [1.54, 1.807) is 0 Å². The molecule has 1 aromatic heterocycles. The van der Waals surface area contributed by atoms with Gasteiger partial charge in [-0.15, -0.1) is 12.3 Å². The van der Waals surface area contributed by atoms with Crippen molar-refractivity contribution in [2.45, 2.75) is 12.5 Å². The summed E-state index contributed by atoms with van der Waals surface area (Å²) in [6.07, 6.45) is 6.80. The van der Waals surface area contributed by atoms with Crippen molar-refractivity contribution in [3.05, 3.63) is 29.8 Å². The zero-order valence-electron chi connectivity index (χ0n) is 6.37. The highest BCUT2D eigenvalue weighted by Gasteiger charge is 2.06. The van der Waals surface area contributed by atoms with E-state index in [-0.39, 0.29) is 6.42 Å². The largest absolute Gasteiger partial charge is 0.387 e.